The molecule has 0 saturated carbocycles. The van der Waals surface area contributed by atoms with Gasteiger partial charge in [-0.3, -0.25) is 9.59 Å². The van der Waals surface area contributed by atoms with Crippen molar-refractivity contribution in [1.29, 1.82) is 0 Å². The first-order chi connectivity index (χ1) is 4.52. The van der Waals surface area contributed by atoms with Crippen LogP contribution in [0.5, 0.6) is 0 Å². The van der Waals surface area contributed by atoms with Gasteiger partial charge in [-0.05, 0) is 5.92 Å². The molecule has 0 radical (unpaired) electrons. The molecule has 11 heavy (non-hydrogen) atoms. The van der Waals surface area contributed by atoms with E-state index in [9.17, 15) is 9.59 Å². The van der Waals surface area contributed by atoms with Crippen molar-refractivity contribution in [3.8, 4) is 0 Å². The predicted molar refractivity (Wildman–Crippen MR) is 42.2 cm³/mol. The van der Waals surface area contributed by atoms with Gasteiger partial charge in [-0.2, -0.15) is 0 Å². The zero-order chi connectivity index (χ0) is 8.15. The molecule has 0 aromatic heterocycles. The van der Waals surface area contributed by atoms with Crippen LogP contribution in [-0.2, 0) is 9.59 Å². The van der Waals surface area contributed by atoms with Gasteiger partial charge < -0.3 is 10.2 Å². The van der Waals surface area contributed by atoms with E-state index in [2.05, 4.69) is 0 Å². The first kappa shape index (κ1) is 13.8. The summed E-state index contributed by atoms with van der Waals surface area (Å²) in [5.41, 5.74) is 0. The predicted octanol–water partition coefficient (Wildman–Crippen LogP) is -0.344. The maximum atomic E-state index is 10.00. The van der Waals surface area contributed by atoms with Gasteiger partial charge in [0.2, 0.25) is 0 Å². The number of aliphatic carboxylic acids is 2. The van der Waals surface area contributed by atoms with Crippen molar-refractivity contribution in [2.75, 3.05) is 0 Å². The van der Waals surface area contributed by atoms with Crippen molar-refractivity contribution < 1.29 is 19.8 Å². The quantitative estimate of drug-likeness (QED) is 0.592. The average molecular weight is 188 g/mol. The van der Waals surface area contributed by atoms with Gasteiger partial charge in [0.05, 0.1) is 0 Å². The summed E-state index contributed by atoms with van der Waals surface area (Å²) < 4.78 is 0. The van der Waals surface area contributed by atoms with Crippen LogP contribution < -0.4 is 0 Å². The third-order valence-electron chi connectivity index (χ3n) is 1.05. The van der Waals surface area contributed by atoms with Crippen molar-refractivity contribution >= 4 is 49.7 Å². The maximum absolute atomic E-state index is 10.00. The van der Waals surface area contributed by atoms with Gasteiger partial charge in [0, 0.05) is 12.8 Å². The van der Waals surface area contributed by atoms with Crippen molar-refractivity contribution in [3.63, 3.8) is 0 Å². The molecule has 0 spiro atoms. The van der Waals surface area contributed by atoms with Crippen LogP contribution in [-0.4, -0.2) is 59.9 Å². The number of hydrogen-bond donors (Lipinski definition) is 2. The molecule has 0 amide bonds. The van der Waals surface area contributed by atoms with Gasteiger partial charge in [0.1, 0.15) is 0 Å². The Morgan fingerprint density at radius 1 is 1.18 bits per heavy atom. The Morgan fingerprint density at radius 3 is 1.64 bits per heavy atom. The molecule has 62 valence electrons. The van der Waals surface area contributed by atoms with Crippen LogP contribution in [0.25, 0.3) is 0 Å². The van der Waals surface area contributed by atoms with Crippen LogP contribution in [0.2, 0.25) is 0 Å². The standard InChI is InChI=1S/C6H10O4.Ca.2H/c1-4(2-5(7)8)3-6(9)10;;;/h4H,2-3H2,1H3,(H,7,8)(H,9,10);;;. The van der Waals surface area contributed by atoms with E-state index in [1.165, 1.54) is 0 Å². The van der Waals surface area contributed by atoms with Gasteiger partial charge in [0.15, 0.2) is 0 Å². The van der Waals surface area contributed by atoms with Crippen molar-refractivity contribution in [3.05, 3.63) is 0 Å². The molecule has 0 aliphatic heterocycles. The number of carboxylic acid groups (broad SMARTS) is 2. The van der Waals surface area contributed by atoms with E-state index in [1.54, 1.807) is 6.92 Å². The second-order valence-electron chi connectivity index (χ2n) is 2.30. The molecule has 0 aliphatic rings. The Kier molecular flexibility index (Phi) is 8.61. The van der Waals surface area contributed by atoms with Crippen molar-refractivity contribution in [2.45, 2.75) is 19.8 Å². The first-order valence-corrected chi connectivity index (χ1v) is 2.96. The topological polar surface area (TPSA) is 74.6 Å². The summed E-state index contributed by atoms with van der Waals surface area (Å²) in [6.45, 7) is 1.60. The van der Waals surface area contributed by atoms with E-state index >= 15 is 0 Å². The van der Waals surface area contributed by atoms with Crippen LogP contribution in [0.1, 0.15) is 19.8 Å². The monoisotopic (exact) mass is 188 g/mol. The average Bonchev–Trinajstić information content (AvgIpc) is 1.58. The zero-order valence-electron chi connectivity index (χ0n) is 5.70. The Bertz CT molecular complexity index is 130. The van der Waals surface area contributed by atoms with Gasteiger partial charge in [0.25, 0.3) is 0 Å². The molecular formula is C6H12CaO4. The number of carbonyl (C=O) groups is 2. The van der Waals surface area contributed by atoms with Crippen LogP contribution in [0.4, 0.5) is 0 Å². The molecule has 0 aliphatic carbocycles. The van der Waals surface area contributed by atoms with Crippen LogP contribution in [0.15, 0.2) is 0 Å². The summed E-state index contributed by atoms with van der Waals surface area (Å²) in [7, 11) is 0. The molecule has 0 aromatic carbocycles. The summed E-state index contributed by atoms with van der Waals surface area (Å²) in [6.07, 6.45) is -0.154. The second kappa shape index (κ2) is 6.88. The molecule has 0 saturated heterocycles. The molecule has 0 bridgehead atoms. The fourth-order valence-electron chi connectivity index (χ4n) is 0.668. The third-order valence-corrected chi connectivity index (χ3v) is 1.05. The second-order valence-corrected chi connectivity index (χ2v) is 2.30. The third kappa shape index (κ3) is 10.2. The van der Waals surface area contributed by atoms with Crippen LogP contribution in [0.3, 0.4) is 0 Å². The molecule has 0 heterocycles. The molecule has 0 atom stereocenters. The van der Waals surface area contributed by atoms with Gasteiger partial charge in [-0.1, -0.05) is 6.92 Å². The molecule has 0 unspecified atom stereocenters. The van der Waals surface area contributed by atoms with E-state index in [0.29, 0.717) is 0 Å². The van der Waals surface area contributed by atoms with E-state index < -0.39 is 11.9 Å². The fraction of sp³-hybridized carbons (Fsp3) is 0.667. The van der Waals surface area contributed by atoms with Gasteiger partial charge in [-0.15, -0.1) is 0 Å². The van der Waals surface area contributed by atoms with E-state index in [4.69, 9.17) is 10.2 Å². The fourth-order valence-corrected chi connectivity index (χ4v) is 0.668. The first-order valence-electron chi connectivity index (χ1n) is 2.96. The van der Waals surface area contributed by atoms with Gasteiger partial charge >= 0.3 is 49.7 Å². The molecule has 0 rings (SSSR count). The zero-order valence-corrected chi connectivity index (χ0v) is 5.70. The summed E-state index contributed by atoms with van der Waals surface area (Å²) >= 11 is 0. The van der Waals surface area contributed by atoms with Crippen LogP contribution >= 0.6 is 0 Å². The number of hydrogen-bond acceptors (Lipinski definition) is 2. The molecule has 0 aromatic rings. The molecule has 0 fully saturated rings. The SMILES string of the molecule is CC(CC(=O)O)CC(=O)O.[CaH2]. The Labute approximate surface area is 94.6 Å². The summed E-state index contributed by atoms with van der Waals surface area (Å²) in [5.74, 6) is -2.18. The minimum absolute atomic E-state index is 0. The molecular weight excluding hydrogens is 176 g/mol. The number of carboxylic acids is 2. The molecule has 2 N–H and O–H groups in total. The van der Waals surface area contributed by atoms with Crippen molar-refractivity contribution in [2.24, 2.45) is 5.92 Å². The summed E-state index contributed by atoms with van der Waals surface area (Å²) in [6, 6.07) is 0. The Balaban J connectivity index is 0. The summed E-state index contributed by atoms with van der Waals surface area (Å²) in [4.78, 5) is 20.0. The molecule has 5 heteroatoms. The van der Waals surface area contributed by atoms with E-state index in [-0.39, 0.29) is 56.5 Å². The summed E-state index contributed by atoms with van der Waals surface area (Å²) in [5, 5.41) is 16.4. The van der Waals surface area contributed by atoms with E-state index in [0.717, 1.165) is 0 Å². The Morgan fingerprint density at radius 2 is 1.45 bits per heavy atom. The minimum atomic E-state index is -0.950. The normalized spacial score (nSPS) is 8.91. The van der Waals surface area contributed by atoms with Crippen molar-refractivity contribution in [1.82, 2.24) is 0 Å². The van der Waals surface area contributed by atoms with Crippen LogP contribution in [0, 0.1) is 5.92 Å². The van der Waals surface area contributed by atoms with E-state index in [1.807, 2.05) is 0 Å². The molecule has 4 nitrogen and oxygen atoms in total. The number of rotatable bonds is 4. The Hall–Kier alpha value is 0.200. The van der Waals surface area contributed by atoms with Gasteiger partial charge in [-0.25, -0.2) is 0 Å².